The van der Waals surface area contributed by atoms with Gasteiger partial charge in [0.05, 0.1) is 12.7 Å². The molecule has 1 aliphatic rings. The predicted octanol–water partition coefficient (Wildman–Crippen LogP) is 2.36. The Labute approximate surface area is 107 Å². The van der Waals surface area contributed by atoms with Crippen molar-refractivity contribution in [3.63, 3.8) is 0 Å². The van der Waals surface area contributed by atoms with Crippen molar-refractivity contribution in [2.75, 3.05) is 6.54 Å². The Bertz CT molecular complexity index is 400. The van der Waals surface area contributed by atoms with E-state index in [9.17, 15) is 4.79 Å². The summed E-state index contributed by atoms with van der Waals surface area (Å²) in [4.78, 5) is 13.9. The van der Waals surface area contributed by atoms with Crippen molar-refractivity contribution in [3.05, 3.63) is 21.9 Å². The molecule has 1 unspecified atom stereocenters. The summed E-state index contributed by atoms with van der Waals surface area (Å²) in [6, 6.07) is 0. The number of carbonyl (C=O) groups is 1. The van der Waals surface area contributed by atoms with E-state index in [0.717, 1.165) is 13.0 Å². The van der Waals surface area contributed by atoms with Gasteiger partial charge in [-0.3, -0.25) is 10.1 Å². The summed E-state index contributed by atoms with van der Waals surface area (Å²) in [6.07, 6.45) is 1.23. The van der Waals surface area contributed by atoms with E-state index in [1.807, 2.05) is 4.90 Å². The molecule has 1 fully saturated rings. The van der Waals surface area contributed by atoms with Gasteiger partial charge in [0.2, 0.25) is 5.91 Å². The van der Waals surface area contributed by atoms with Gasteiger partial charge < -0.3 is 4.90 Å². The average Bonchev–Trinajstić information content (AvgIpc) is 2.79. The highest BCUT2D eigenvalue weighted by molar-refractivity contribution is 7.08. The number of thiophene rings is 1. The molecule has 1 aromatic heterocycles. The van der Waals surface area contributed by atoms with Crippen LogP contribution < -0.4 is 5.32 Å². The summed E-state index contributed by atoms with van der Waals surface area (Å²) in [5, 5.41) is 7.59. The first-order valence-corrected chi connectivity index (χ1v) is 7.06. The van der Waals surface area contributed by atoms with Crippen molar-refractivity contribution in [3.8, 4) is 0 Å². The van der Waals surface area contributed by atoms with E-state index in [1.165, 1.54) is 11.1 Å². The first-order chi connectivity index (χ1) is 8.08. The van der Waals surface area contributed by atoms with Gasteiger partial charge >= 0.3 is 0 Å². The van der Waals surface area contributed by atoms with Crippen LogP contribution in [0.4, 0.5) is 0 Å². The molecule has 0 saturated carbocycles. The van der Waals surface area contributed by atoms with E-state index in [2.05, 4.69) is 36.8 Å². The number of amides is 1. The third-order valence-electron chi connectivity index (χ3n) is 3.18. The standard InChI is InChI=1S/C13H20N2OS/c1-9(2)4-12-14-5-13(16)15(12)6-11-8-17-7-10(11)3/h7-9,12,14H,4-6H2,1-3H3. The zero-order valence-electron chi connectivity index (χ0n) is 10.7. The van der Waals surface area contributed by atoms with Gasteiger partial charge in [0.25, 0.3) is 0 Å². The number of carbonyl (C=O) groups excluding carboxylic acids is 1. The molecular formula is C13H20N2OS. The number of aryl methyl sites for hydroxylation is 1. The molecule has 94 valence electrons. The zero-order valence-corrected chi connectivity index (χ0v) is 11.5. The molecular weight excluding hydrogens is 232 g/mol. The maximum absolute atomic E-state index is 11.9. The molecule has 1 saturated heterocycles. The predicted molar refractivity (Wildman–Crippen MR) is 70.9 cm³/mol. The topological polar surface area (TPSA) is 32.3 Å². The van der Waals surface area contributed by atoms with E-state index >= 15 is 0 Å². The first kappa shape index (κ1) is 12.6. The van der Waals surface area contributed by atoms with Crippen molar-refractivity contribution >= 4 is 17.2 Å². The van der Waals surface area contributed by atoms with Crippen LogP contribution in [0.25, 0.3) is 0 Å². The molecule has 0 spiro atoms. The van der Waals surface area contributed by atoms with Crippen molar-refractivity contribution < 1.29 is 4.79 Å². The van der Waals surface area contributed by atoms with Gasteiger partial charge in [-0.1, -0.05) is 13.8 Å². The van der Waals surface area contributed by atoms with Crippen molar-refractivity contribution in [2.45, 2.75) is 39.9 Å². The normalized spacial score (nSPS) is 20.6. The smallest absolute Gasteiger partial charge is 0.238 e. The number of nitrogens with one attached hydrogen (secondary N) is 1. The largest absolute Gasteiger partial charge is 0.322 e. The van der Waals surface area contributed by atoms with Crippen LogP contribution in [0.5, 0.6) is 0 Å². The maximum atomic E-state index is 11.9. The van der Waals surface area contributed by atoms with Crippen LogP contribution in [0.3, 0.4) is 0 Å². The molecule has 1 amide bonds. The molecule has 4 heteroatoms. The van der Waals surface area contributed by atoms with Crippen LogP contribution in [0, 0.1) is 12.8 Å². The quantitative estimate of drug-likeness (QED) is 0.892. The summed E-state index contributed by atoms with van der Waals surface area (Å²) in [6.45, 7) is 7.73. The van der Waals surface area contributed by atoms with Crippen LogP contribution >= 0.6 is 11.3 Å². The van der Waals surface area contributed by atoms with E-state index in [1.54, 1.807) is 11.3 Å². The molecule has 2 heterocycles. The zero-order chi connectivity index (χ0) is 12.4. The number of nitrogens with zero attached hydrogens (tertiary/aromatic N) is 1. The molecule has 1 N–H and O–H groups in total. The number of hydrogen-bond donors (Lipinski definition) is 1. The fraction of sp³-hybridized carbons (Fsp3) is 0.615. The number of hydrogen-bond acceptors (Lipinski definition) is 3. The Morgan fingerprint density at radius 2 is 2.29 bits per heavy atom. The minimum Gasteiger partial charge on any atom is -0.322 e. The summed E-state index contributed by atoms with van der Waals surface area (Å²) in [5.74, 6) is 0.825. The van der Waals surface area contributed by atoms with Gasteiger partial charge in [-0.15, -0.1) is 0 Å². The first-order valence-electron chi connectivity index (χ1n) is 6.12. The summed E-state index contributed by atoms with van der Waals surface area (Å²) in [5.41, 5.74) is 2.57. The minimum absolute atomic E-state index is 0.210. The van der Waals surface area contributed by atoms with Gasteiger partial charge in [-0.05, 0) is 41.1 Å². The number of rotatable bonds is 4. The minimum atomic E-state index is 0.210. The lowest BCUT2D eigenvalue weighted by Crippen LogP contribution is -2.37. The summed E-state index contributed by atoms with van der Waals surface area (Å²) in [7, 11) is 0. The second kappa shape index (κ2) is 5.19. The lowest BCUT2D eigenvalue weighted by molar-refractivity contribution is -0.128. The van der Waals surface area contributed by atoms with Crippen LogP contribution in [0.1, 0.15) is 31.4 Å². The third kappa shape index (κ3) is 2.87. The fourth-order valence-corrected chi connectivity index (χ4v) is 3.03. The molecule has 1 aliphatic heterocycles. The lowest BCUT2D eigenvalue weighted by atomic mass is 10.1. The van der Waals surface area contributed by atoms with Crippen LogP contribution in [-0.4, -0.2) is 23.5 Å². The molecule has 1 atom stereocenters. The van der Waals surface area contributed by atoms with Crippen LogP contribution in [0.2, 0.25) is 0 Å². The van der Waals surface area contributed by atoms with E-state index in [4.69, 9.17) is 0 Å². The van der Waals surface area contributed by atoms with Crippen molar-refractivity contribution in [2.24, 2.45) is 5.92 Å². The highest BCUT2D eigenvalue weighted by atomic mass is 32.1. The van der Waals surface area contributed by atoms with Gasteiger partial charge in [0.1, 0.15) is 0 Å². The van der Waals surface area contributed by atoms with Gasteiger partial charge in [-0.25, -0.2) is 0 Å². The second-order valence-corrected chi connectivity index (χ2v) is 5.87. The molecule has 2 rings (SSSR count). The Morgan fingerprint density at radius 3 is 2.88 bits per heavy atom. The second-order valence-electron chi connectivity index (χ2n) is 5.13. The van der Waals surface area contributed by atoms with Crippen LogP contribution in [-0.2, 0) is 11.3 Å². The molecule has 0 radical (unpaired) electrons. The van der Waals surface area contributed by atoms with Crippen molar-refractivity contribution in [1.29, 1.82) is 0 Å². The maximum Gasteiger partial charge on any atom is 0.238 e. The molecule has 1 aromatic rings. The molecule has 0 bridgehead atoms. The molecule has 0 aromatic carbocycles. The van der Waals surface area contributed by atoms with Gasteiger partial charge in [0.15, 0.2) is 0 Å². The Kier molecular flexibility index (Phi) is 3.84. The van der Waals surface area contributed by atoms with Crippen molar-refractivity contribution in [1.82, 2.24) is 10.2 Å². The van der Waals surface area contributed by atoms with Gasteiger partial charge in [0, 0.05) is 6.54 Å². The van der Waals surface area contributed by atoms with Crippen LogP contribution in [0.15, 0.2) is 10.8 Å². The van der Waals surface area contributed by atoms with E-state index in [0.29, 0.717) is 12.5 Å². The third-order valence-corrected chi connectivity index (χ3v) is 4.09. The Morgan fingerprint density at radius 1 is 1.53 bits per heavy atom. The Balaban J connectivity index is 2.06. The molecule has 17 heavy (non-hydrogen) atoms. The highest BCUT2D eigenvalue weighted by Gasteiger charge is 2.30. The Hall–Kier alpha value is -0.870. The van der Waals surface area contributed by atoms with E-state index < -0.39 is 0 Å². The molecule has 3 nitrogen and oxygen atoms in total. The lowest BCUT2D eigenvalue weighted by Gasteiger charge is -2.25. The highest BCUT2D eigenvalue weighted by Crippen LogP contribution is 2.21. The van der Waals surface area contributed by atoms with Gasteiger partial charge in [-0.2, -0.15) is 11.3 Å². The summed E-state index contributed by atoms with van der Waals surface area (Å²) < 4.78 is 0. The van der Waals surface area contributed by atoms with E-state index in [-0.39, 0.29) is 12.1 Å². The molecule has 0 aliphatic carbocycles. The summed E-state index contributed by atoms with van der Waals surface area (Å²) >= 11 is 1.71. The monoisotopic (exact) mass is 252 g/mol. The fourth-order valence-electron chi connectivity index (χ4n) is 2.18. The SMILES string of the molecule is Cc1cscc1CN1C(=O)CNC1CC(C)C. The average molecular weight is 252 g/mol.